The van der Waals surface area contributed by atoms with Crippen LogP contribution in [0.4, 0.5) is 0 Å². The van der Waals surface area contributed by atoms with E-state index in [-0.39, 0.29) is 11.3 Å². The standard InChI is InChI=1S/C15H24N2O2/c1-4-15(7-9-16-10-8-15)14(18)17(3)11-13-6-5-12(2)19-13/h5-6,16H,4,7-11H2,1-3H3. The zero-order valence-electron chi connectivity index (χ0n) is 12.2. The molecule has 4 heteroatoms. The number of nitrogens with zero attached hydrogens (tertiary/aromatic N) is 1. The highest BCUT2D eigenvalue weighted by molar-refractivity contribution is 5.82. The maximum absolute atomic E-state index is 12.7. The first-order valence-electron chi connectivity index (χ1n) is 7.09. The summed E-state index contributed by atoms with van der Waals surface area (Å²) in [7, 11) is 1.87. The van der Waals surface area contributed by atoms with E-state index in [9.17, 15) is 4.79 Å². The van der Waals surface area contributed by atoms with E-state index < -0.39 is 0 Å². The molecule has 0 aliphatic carbocycles. The molecule has 2 rings (SSSR count). The molecule has 0 bridgehead atoms. The molecule has 4 nitrogen and oxygen atoms in total. The minimum Gasteiger partial charge on any atom is -0.464 e. The minimum atomic E-state index is -0.179. The van der Waals surface area contributed by atoms with Crippen molar-refractivity contribution in [3.8, 4) is 0 Å². The average Bonchev–Trinajstić information content (AvgIpc) is 2.84. The average molecular weight is 264 g/mol. The Hall–Kier alpha value is -1.29. The molecule has 1 aliphatic heterocycles. The molecule has 1 aromatic heterocycles. The van der Waals surface area contributed by atoms with Crippen LogP contribution in [0.5, 0.6) is 0 Å². The third-order valence-electron chi connectivity index (χ3n) is 4.23. The molecule has 1 saturated heterocycles. The largest absolute Gasteiger partial charge is 0.464 e. The van der Waals surface area contributed by atoms with Crippen LogP contribution in [0.25, 0.3) is 0 Å². The summed E-state index contributed by atoms with van der Waals surface area (Å²) in [5.74, 6) is 2.00. The van der Waals surface area contributed by atoms with Crippen molar-refractivity contribution in [2.45, 2.75) is 39.7 Å². The van der Waals surface area contributed by atoms with Crippen LogP contribution in [0.2, 0.25) is 0 Å². The predicted octanol–water partition coefficient (Wildman–Crippen LogP) is 2.33. The van der Waals surface area contributed by atoms with Crippen molar-refractivity contribution in [1.29, 1.82) is 0 Å². The van der Waals surface area contributed by atoms with Crippen LogP contribution in [-0.4, -0.2) is 30.9 Å². The van der Waals surface area contributed by atoms with Gasteiger partial charge in [-0.15, -0.1) is 0 Å². The van der Waals surface area contributed by atoms with Gasteiger partial charge in [-0.25, -0.2) is 0 Å². The van der Waals surface area contributed by atoms with Crippen molar-refractivity contribution in [3.05, 3.63) is 23.7 Å². The smallest absolute Gasteiger partial charge is 0.229 e. The van der Waals surface area contributed by atoms with E-state index in [1.807, 2.05) is 31.0 Å². The molecule has 2 heterocycles. The lowest BCUT2D eigenvalue weighted by molar-refractivity contribution is -0.143. The predicted molar refractivity (Wildman–Crippen MR) is 74.7 cm³/mol. The molecular formula is C15H24N2O2. The number of piperidine rings is 1. The fraction of sp³-hybridized carbons (Fsp3) is 0.667. The number of hydrogen-bond acceptors (Lipinski definition) is 3. The van der Waals surface area contributed by atoms with Gasteiger partial charge in [-0.3, -0.25) is 4.79 Å². The highest BCUT2D eigenvalue weighted by Gasteiger charge is 2.39. The molecule has 19 heavy (non-hydrogen) atoms. The molecule has 1 aliphatic rings. The highest BCUT2D eigenvalue weighted by atomic mass is 16.3. The third-order valence-corrected chi connectivity index (χ3v) is 4.23. The SMILES string of the molecule is CCC1(C(=O)N(C)Cc2ccc(C)o2)CCNCC1. The molecular weight excluding hydrogens is 240 g/mol. The number of aryl methyl sites for hydroxylation is 1. The molecule has 1 fully saturated rings. The Kier molecular flexibility index (Phi) is 4.30. The van der Waals surface area contributed by atoms with Gasteiger partial charge in [0.15, 0.2) is 0 Å². The molecule has 0 atom stereocenters. The van der Waals surface area contributed by atoms with Gasteiger partial charge in [-0.1, -0.05) is 6.92 Å². The quantitative estimate of drug-likeness (QED) is 0.908. The first kappa shape index (κ1) is 14.1. The lowest BCUT2D eigenvalue weighted by Gasteiger charge is -2.38. The number of nitrogens with one attached hydrogen (secondary N) is 1. The van der Waals surface area contributed by atoms with Crippen LogP contribution < -0.4 is 5.32 Å². The number of carbonyl (C=O) groups excluding carboxylic acids is 1. The third kappa shape index (κ3) is 3.00. The summed E-state index contributed by atoms with van der Waals surface area (Å²) in [6.45, 7) is 6.47. The van der Waals surface area contributed by atoms with E-state index in [1.165, 1.54) is 0 Å². The second-order valence-electron chi connectivity index (χ2n) is 5.56. The Bertz CT molecular complexity index is 433. The van der Waals surface area contributed by atoms with Crippen molar-refractivity contribution in [3.63, 3.8) is 0 Å². The zero-order valence-corrected chi connectivity index (χ0v) is 12.2. The summed E-state index contributed by atoms with van der Waals surface area (Å²) in [6.07, 6.45) is 2.78. The Labute approximate surface area is 115 Å². The lowest BCUT2D eigenvalue weighted by atomic mass is 9.75. The van der Waals surface area contributed by atoms with Gasteiger partial charge in [-0.2, -0.15) is 0 Å². The van der Waals surface area contributed by atoms with Crippen molar-refractivity contribution in [2.24, 2.45) is 5.41 Å². The maximum Gasteiger partial charge on any atom is 0.229 e. The first-order chi connectivity index (χ1) is 9.07. The Morgan fingerprint density at radius 2 is 2.11 bits per heavy atom. The van der Waals surface area contributed by atoms with Crippen LogP contribution in [0.3, 0.4) is 0 Å². The monoisotopic (exact) mass is 264 g/mol. The number of carbonyl (C=O) groups is 1. The molecule has 1 N–H and O–H groups in total. The van der Waals surface area contributed by atoms with Crippen molar-refractivity contribution in [2.75, 3.05) is 20.1 Å². The van der Waals surface area contributed by atoms with E-state index in [0.29, 0.717) is 6.54 Å². The minimum absolute atomic E-state index is 0.179. The summed E-state index contributed by atoms with van der Waals surface area (Å²) < 4.78 is 5.55. The summed E-state index contributed by atoms with van der Waals surface area (Å²) in [5, 5.41) is 3.33. The van der Waals surface area contributed by atoms with Crippen molar-refractivity contribution in [1.82, 2.24) is 10.2 Å². The van der Waals surface area contributed by atoms with Crippen LogP contribution in [0, 0.1) is 12.3 Å². The van der Waals surface area contributed by atoms with Gasteiger partial charge >= 0.3 is 0 Å². The maximum atomic E-state index is 12.7. The van der Waals surface area contributed by atoms with Gasteiger partial charge in [0.1, 0.15) is 11.5 Å². The van der Waals surface area contributed by atoms with Crippen LogP contribution in [0.1, 0.15) is 37.7 Å². The Morgan fingerprint density at radius 1 is 1.42 bits per heavy atom. The van der Waals surface area contributed by atoms with Crippen molar-refractivity contribution >= 4 is 5.91 Å². The van der Waals surface area contributed by atoms with E-state index in [1.54, 1.807) is 0 Å². The molecule has 0 unspecified atom stereocenters. The zero-order chi connectivity index (χ0) is 13.9. The second kappa shape index (κ2) is 5.78. The van der Waals surface area contributed by atoms with Gasteiger partial charge in [0.05, 0.1) is 12.0 Å². The molecule has 1 aromatic rings. The normalized spacial score (nSPS) is 18.3. The molecule has 0 spiro atoms. The van der Waals surface area contributed by atoms with Gasteiger partial charge in [0.25, 0.3) is 0 Å². The summed E-state index contributed by atoms with van der Waals surface area (Å²) in [4.78, 5) is 14.5. The first-order valence-corrected chi connectivity index (χ1v) is 7.09. The lowest BCUT2D eigenvalue weighted by Crippen LogP contribution is -2.47. The Balaban J connectivity index is 2.04. The van der Waals surface area contributed by atoms with E-state index in [2.05, 4.69) is 12.2 Å². The molecule has 106 valence electrons. The molecule has 0 radical (unpaired) electrons. The van der Waals surface area contributed by atoms with E-state index in [0.717, 1.165) is 43.9 Å². The van der Waals surface area contributed by atoms with Gasteiger partial charge in [-0.05, 0) is 51.4 Å². The molecule has 1 amide bonds. The fourth-order valence-corrected chi connectivity index (χ4v) is 2.90. The summed E-state index contributed by atoms with van der Waals surface area (Å²) >= 11 is 0. The summed E-state index contributed by atoms with van der Waals surface area (Å²) in [6, 6.07) is 3.88. The second-order valence-corrected chi connectivity index (χ2v) is 5.56. The number of furan rings is 1. The van der Waals surface area contributed by atoms with Crippen LogP contribution >= 0.6 is 0 Å². The highest BCUT2D eigenvalue weighted by Crippen LogP contribution is 2.34. The summed E-state index contributed by atoms with van der Waals surface area (Å²) in [5.41, 5.74) is -0.179. The van der Waals surface area contributed by atoms with Crippen LogP contribution in [-0.2, 0) is 11.3 Å². The fourth-order valence-electron chi connectivity index (χ4n) is 2.90. The van der Waals surface area contributed by atoms with E-state index in [4.69, 9.17) is 4.42 Å². The van der Waals surface area contributed by atoms with Crippen LogP contribution in [0.15, 0.2) is 16.5 Å². The number of hydrogen-bond donors (Lipinski definition) is 1. The number of amides is 1. The van der Waals surface area contributed by atoms with E-state index >= 15 is 0 Å². The van der Waals surface area contributed by atoms with Crippen molar-refractivity contribution < 1.29 is 9.21 Å². The molecule has 0 saturated carbocycles. The topological polar surface area (TPSA) is 45.5 Å². The number of rotatable bonds is 4. The Morgan fingerprint density at radius 3 is 2.63 bits per heavy atom. The molecule has 0 aromatic carbocycles. The van der Waals surface area contributed by atoms with Gasteiger partial charge in [0.2, 0.25) is 5.91 Å². The van der Waals surface area contributed by atoms with Gasteiger partial charge in [0, 0.05) is 7.05 Å². The van der Waals surface area contributed by atoms with Gasteiger partial charge < -0.3 is 14.6 Å².